The Morgan fingerprint density at radius 2 is 1.35 bits per heavy atom. The number of ketones is 1. The van der Waals surface area contributed by atoms with Gasteiger partial charge in [-0.15, -0.1) is 0 Å². The van der Waals surface area contributed by atoms with Gasteiger partial charge in [0.25, 0.3) is 5.91 Å². The molecule has 4 rings (SSSR count). The molecule has 43 heavy (non-hydrogen) atoms. The number of halogens is 3. The first kappa shape index (κ1) is 31.7. The summed E-state index contributed by atoms with van der Waals surface area (Å²) in [6.45, 7) is 10.4. The summed E-state index contributed by atoms with van der Waals surface area (Å²) < 4.78 is 38.5. The quantitative estimate of drug-likeness (QED) is 0.317. The zero-order chi connectivity index (χ0) is 31.7. The van der Waals surface area contributed by atoms with Gasteiger partial charge < -0.3 is 10.0 Å². The van der Waals surface area contributed by atoms with E-state index in [9.17, 15) is 32.7 Å². The molecule has 1 heterocycles. The second-order valence-corrected chi connectivity index (χ2v) is 12.2. The average molecular weight is 596 g/mol. The van der Waals surface area contributed by atoms with E-state index in [1.54, 1.807) is 11.9 Å². The van der Waals surface area contributed by atoms with Crippen molar-refractivity contribution in [3.05, 3.63) is 101 Å². The molecule has 0 aliphatic carbocycles. The van der Waals surface area contributed by atoms with Crippen LogP contribution in [0.3, 0.4) is 0 Å². The molecule has 2 amide bonds. The van der Waals surface area contributed by atoms with Crippen LogP contribution in [0, 0.1) is 5.41 Å². The van der Waals surface area contributed by atoms with Crippen LogP contribution in [0.5, 0.6) is 0 Å². The van der Waals surface area contributed by atoms with Crippen molar-refractivity contribution in [1.82, 2.24) is 9.80 Å². The standard InChI is InChI=1S/C33H36F3N3O4/c1-31(2,3)32(4)21-38(18-19-39(32)30(42)43)20-22-6-16-27(17-7-22)37(5)29(41)25-10-8-23(9-11-25)28(40)24-12-14-26(15-13-24)33(34,35)36/h6-17H,18-21H2,1-5H3,(H,42,43)/t32-/m1/s1. The predicted molar refractivity (Wildman–Crippen MR) is 158 cm³/mol. The molecule has 3 aromatic rings. The van der Waals surface area contributed by atoms with Crippen LogP contribution in [-0.4, -0.2) is 64.9 Å². The molecule has 3 aromatic carbocycles. The number of anilines is 1. The van der Waals surface area contributed by atoms with Crippen molar-refractivity contribution in [2.75, 3.05) is 31.6 Å². The van der Waals surface area contributed by atoms with E-state index in [4.69, 9.17) is 0 Å². The third-order valence-corrected chi connectivity index (χ3v) is 8.52. The molecule has 0 bridgehead atoms. The molecule has 10 heteroatoms. The van der Waals surface area contributed by atoms with Crippen molar-refractivity contribution in [3.63, 3.8) is 0 Å². The largest absolute Gasteiger partial charge is 0.465 e. The van der Waals surface area contributed by atoms with Crippen LogP contribution in [0.15, 0.2) is 72.8 Å². The third kappa shape index (κ3) is 6.74. The van der Waals surface area contributed by atoms with Gasteiger partial charge in [0.1, 0.15) is 0 Å². The number of amides is 2. The smallest absolute Gasteiger partial charge is 0.416 e. The Morgan fingerprint density at radius 1 is 0.837 bits per heavy atom. The Labute approximate surface area is 249 Å². The first-order valence-corrected chi connectivity index (χ1v) is 13.9. The third-order valence-electron chi connectivity index (χ3n) is 8.52. The molecule has 0 spiro atoms. The van der Waals surface area contributed by atoms with Gasteiger partial charge in [0.2, 0.25) is 0 Å². The summed E-state index contributed by atoms with van der Waals surface area (Å²) in [5.41, 5.74) is 0.805. The lowest BCUT2D eigenvalue weighted by Crippen LogP contribution is -2.67. The van der Waals surface area contributed by atoms with Crippen molar-refractivity contribution < 1.29 is 32.7 Å². The molecule has 1 aliphatic heterocycles. The van der Waals surface area contributed by atoms with Crippen LogP contribution in [0.2, 0.25) is 0 Å². The van der Waals surface area contributed by atoms with Crippen molar-refractivity contribution in [3.8, 4) is 0 Å². The fraction of sp³-hybridized carbons (Fsp3) is 0.364. The average Bonchev–Trinajstić information content (AvgIpc) is 2.95. The molecule has 1 aliphatic rings. The first-order valence-electron chi connectivity index (χ1n) is 13.9. The molecule has 0 radical (unpaired) electrons. The molecule has 1 atom stereocenters. The van der Waals surface area contributed by atoms with Gasteiger partial charge in [0.05, 0.1) is 11.1 Å². The molecule has 1 saturated heterocycles. The van der Waals surface area contributed by atoms with Crippen molar-refractivity contribution >= 4 is 23.5 Å². The van der Waals surface area contributed by atoms with Gasteiger partial charge in [-0.3, -0.25) is 19.4 Å². The molecule has 7 nitrogen and oxygen atoms in total. The second kappa shape index (κ2) is 11.8. The number of hydrogen-bond donors (Lipinski definition) is 1. The van der Waals surface area contributed by atoms with Gasteiger partial charge in [-0.25, -0.2) is 4.79 Å². The van der Waals surface area contributed by atoms with Crippen molar-refractivity contribution in [2.45, 2.75) is 46.0 Å². The molecule has 0 unspecified atom stereocenters. The predicted octanol–water partition coefficient (Wildman–Crippen LogP) is 6.81. The number of carbonyl (C=O) groups is 3. The van der Waals surface area contributed by atoms with Crippen LogP contribution in [0.25, 0.3) is 0 Å². The Hall–Kier alpha value is -4.18. The Kier molecular flexibility index (Phi) is 8.74. The maximum absolute atomic E-state index is 13.2. The van der Waals surface area contributed by atoms with E-state index in [0.717, 1.165) is 29.8 Å². The van der Waals surface area contributed by atoms with Crippen LogP contribution in [-0.2, 0) is 12.7 Å². The minimum absolute atomic E-state index is 0.121. The normalized spacial score (nSPS) is 17.9. The summed E-state index contributed by atoms with van der Waals surface area (Å²) in [4.78, 5) is 43.1. The van der Waals surface area contributed by atoms with E-state index >= 15 is 0 Å². The number of benzene rings is 3. The fourth-order valence-corrected chi connectivity index (χ4v) is 5.31. The Balaban J connectivity index is 1.40. The van der Waals surface area contributed by atoms with Crippen LogP contribution in [0.1, 0.15) is 65.1 Å². The molecular formula is C33H36F3N3O4. The number of rotatable bonds is 6. The van der Waals surface area contributed by atoms with Crippen LogP contribution < -0.4 is 4.90 Å². The number of alkyl halides is 3. The summed E-state index contributed by atoms with van der Waals surface area (Å²) in [5.74, 6) is -0.726. The number of carboxylic acid groups (broad SMARTS) is 1. The highest BCUT2D eigenvalue weighted by Gasteiger charge is 2.48. The highest BCUT2D eigenvalue weighted by atomic mass is 19.4. The lowest BCUT2D eigenvalue weighted by molar-refractivity contribution is -0.137. The van der Waals surface area contributed by atoms with Crippen LogP contribution in [0.4, 0.5) is 23.7 Å². The van der Waals surface area contributed by atoms with E-state index < -0.39 is 29.2 Å². The van der Waals surface area contributed by atoms with Gasteiger partial charge in [-0.2, -0.15) is 13.2 Å². The van der Waals surface area contributed by atoms with Crippen molar-refractivity contribution in [2.24, 2.45) is 5.41 Å². The number of piperazine rings is 1. The summed E-state index contributed by atoms with van der Waals surface area (Å²) in [6.07, 6.45) is -5.39. The van der Waals surface area contributed by atoms with E-state index in [0.29, 0.717) is 37.4 Å². The minimum Gasteiger partial charge on any atom is -0.465 e. The van der Waals surface area contributed by atoms with Gasteiger partial charge in [0, 0.05) is 55.6 Å². The topological polar surface area (TPSA) is 81.2 Å². The van der Waals surface area contributed by atoms with E-state index in [2.05, 4.69) is 25.7 Å². The Bertz CT molecular complexity index is 1480. The minimum atomic E-state index is -4.48. The summed E-state index contributed by atoms with van der Waals surface area (Å²) in [6, 6.07) is 17.6. The van der Waals surface area contributed by atoms with Gasteiger partial charge in [-0.1, -0.05) is 57.2 Å². The SMILES string of the molecule is CN(C(=O)c1ccc(C(=O)c2ccc(C(F)(F)F)cc2)cc1)c1ccc(CN2CCN(C(=O)O)[C@@](C)(C(C)(C)C)C2)cc1. The van der Waals surface area contributed by atoms with E-state index in [1.165, 1.54) is 29.2 Å². The Morgan fingerprint density at radius 3 is 1.84 bits per heavy atom. The van der Waals surface area contributed by atoms with E-state index in [1.807, 2.05) is 31.2 Å². The molecule has 1 fully saturated rings. The molecular weight excluding hydrogens is 559 g/mol. The van der Waals surface area contributed by atoms with Gasteiger partial charge >= 0.3 is 12.3 Å². The number of hydrogen-bond acceptors (Lipinski definition) is 4. The number of carbonyl (C=O) groups excluding carboxylic acids is 2. The van der Waals surface area contributed by atoms with Crippen LogP contribution >= 0.6 is 0 Å². The summed E-state index contributed by atoms with van der Waals surface area (Å²) in [7, 11) is 1.65. The highest BCUT2D eigenvalue weighted by molar-refractivity contribution is 6.10. The lowest BCUT2D eigenvalue weighted by Gasteiger charge is -2.54. The maximum atomic E-state index is 13.2. The van der Waals surface area contributed by atoms with Gasteiger partial charge in [-0.05, 0) is 54.3 Å². The zero-order valence-electron chi connectivity index (χ0n) is 24.9. The summed E-state index contributed by atoms with van der Waals surface area (Å²) in [5, 5.41) is 9.77. The molecule has 228 valence electrons. The first-order chi connectivity index (χ1) is 20.0. The van der Waals surface area contributed by atoms with Crippen molar-refractivity contribution in [1.29, 1.82) is 0 Å². The number of nitrogens with zero attached hydrogens (tertiary/aromatic N) is 3. The van der Waals surface area contributed by atoms with E-state index in [-0.39, 0.29) is 22.4 Å². The highest BCUT2D eigenvalue weighted by Crippen LogP contribution is 2.39. The molecule has 0 aromatic heterocycles. The fourth-order valence-electron chi connectivity index (χ4n) is 5.31. The zero-order valence-corrected chi connectivity index (χ0v) is 24.9. The molecule has 0 saturated carbocycles. The monoisotopic (exact) mass is 595 g/mol. The maximum Gasteiger partial charge on any atom is 0.416 e. The second-order valence-electron chi connectivity index (χ2n) is 12.2. The lowest BCUT2D eigenvalue weighted by atomic mass is 9.72. The molecule has 1 N–H and O–H groups in total. The van der Waals surface area contributed by atoms with Gasteiger partial charge in [0.15, 0.2) is 5.78 Å². The summed E-state index contributed by atoms with van der Waals surface area (Å²) >= 11 is 0.